The maximum atomic E-state index is 14.2. The summed E-state index contributed by atoms with van der Waals surface area (Å²) in [7, 11) is 0. The molecule has 2 N–H and O–H groups in total. The first-order valence-corrected chi connectivity index (χ1v) is 13.9. The van der Waals surface area contributed by atoms with Crippen molar-refractivity contribution in [2.75, 3.05) is 26.3 Å². The van der Waals surface area contributed by atoms with Crippen molar-refractivity contribution < 1.29 is 19.7 Å². The highest BCUT2D eigenvalue weighted by Gasteiger charge is 2.38. The monoisotopic (exact) mass is 511 g/mol. The molecule has 4 heterocycles. The van der Waals surface area contributed by atoms with Gasteiger partial charge in [-0.1, -0.05) is 43.5 Å². The summed E-state index contributed by atoms with van der Waals surface area (Å²) in [5.41, 5.74) is 7.07. The van der Waals surface area contributed by atoms with Crippen LogP contribution in [-0.2, 0) is 16.0 Å². The van der Waals surface area contributed by atoms with Gasteiger partial charge < -0.3 is 24.4 Å². The number of hydrogen-bond donors (Lipinski definition) is 2. The number of rotatable bonds is 3. The standard InChI is InChI=1S/C31H33N3O4/c35-30(33-13-15-38-16-14-33)27-18-24-21-7-4-12-32-25(21)11-10-22(24)29-28(19-5-2-1-3-6-19)23-9-8-20(31(36)37)17-26(23)34(27)29/h4,7-12,17,19,27,31,36-37H,1-3,5-6,13-16,18H2. The van der Waals surface area contributed by atoms with Crippen LogP contribution >= 0.6 is 0 Å². The van der Waals surface area contributed by atoms with Crippen molar-refractivity contribution in [3.05, 3.63) is 65.4 Å². The fourth-order valence-corrected chi connectivity index (χ4v) is 7.05. The fourth-order valence-electron chi connectivity index (χ4n) is 7.05. The third-order valence-corrected chi connectivity index (χ3v) is 8.85. The van der Waals surface area contributed by atoms with Gasteiger partial charge in [-0.25, -0.2) is 0 Å². The summed E-state index contributed by atoms with van der Waals surface area (Å²) in [5.74, 6) is 0.505. The molecule has 0 bridgehead atoms. The lowest BCUT2D eigenvalue weighted by Gasteiger charge is -2.35. The lowest BCUT2D eigenvalue weighted by molar-refractivity contribution is -0.138. The molecule has 1 saturated carbocycles. The summed E-state index contributed by atoms with van der Waals surface area (Å²) in [5, 5.41) is 22.3. The molecule has 2 fully saturated rings. The van der Waals surface area contributed by atoms with E-state index in [1.807, 2.05) is 35.4 Å². The maximum Gasteiger partial charge on any atom is 0.246 e. The van der Waals surface area contributed by atoms with E-state index in [1.165, 1.54) is 36.0 Å². The number of pyridine rings is 1. The molecule has 2 aromatic carbocycles. The summed E-state index contributed by atoms with van der Waals surface area (Å²) in [6, 6.07) is 13.7. The van der Waals surface area contributed by atoms with E-state index in [1.54, 1.807) is 0 Å². The quantitative estimate of drug-likeness (QED) is 0.384. The molecule has 38 heavy (non-hydrogen) atoms. The smallest absolute Gasteiger partial charge is 0.246 e. The Bertz CT molecular complexity index is 1530. The van der Waals surface area contributed by atoms with Crippen molar-refractivity contribution in [1.82, 2.24) is 14.5 Å². The van der Waals surface area contributed by atoms with Crippen LogP contribution in [0.25, 0.3) is 33.1 Å². The average Bonchev–Trinajstić information content (AvgIpc) is 3.32. The van der Waals surface area contributed by atoms with E-state index >= 15 is 0 Å². The first kappa shape index (κ1) is 23.8. The van der Waals surface area contributed by atoms with Gasteiger partial charge in [0.1, 0.15) is 6.04 Å². The van der Waals surface area contributed by atoms with Crippen LogP contribution in [0.3, 0.4) is 0 Å². The minimum atomic E-state index is -1.57. The largest absolute Gasteiger partial charge is 0.378 e. The molecule has 196 valence electrons. The average molecular weight is 512 g/mol. The summed E-state index contributed by atoms with van der Waals surface area (Å²) >= 11 is 0. The van der Waals surface area contributed by atoms with Crippen molar-refractivity contribution in [2.24, 2.45) is 0 Å². The molecule has 7 nitrogen and oxygen atoms in total. The zero-order chi connectivity index (χ0) is 25.8. The number of hydrogen-bond acceptors (Lipinski definition) is 5. The molecule has 2 aromatic heterocycles. The number of amides is 1. The molecule has 0 spiro atoms. The van der Waals surface area contributed by atoms with Crippen molar-refractivity contribution in [2.45, 2.75) is 56.8 Å². The lowest BCUT2D eigenvalue weighted by Crippen LogP contribution is -2.45. The number of aromatic nitrogens is 2. The molecule has 0 radical (unpaired) electrons. The van der Waals surface area contributed by atoms with E-state index < -0.39 is 12.3 Å². The number of ether oxygens (including phenoxy) is 1. The molecular formula is C31H33N3O4. The first-order chi connectivity index (χ1) is 18.6. The third kappa shape index (κ3) is 3.75. The molecule has 1 unspecified atom stereocenters. The molecule has 4 aromatic rings. The van der Waals surface area contributed by atoms with Gasteiger partial charge >= 0.3 is 0 Å². The predicted molar refractivity (Wildman–Crippen MR) is 146 cm³/mol. The van der Waals surface area contributed by atoms with E-state index in [-0.39, 0.29) is 5.91 Å². The van der Waals surface area contributed by atoms with Gasteiger partial charge in [-0.05, 0) is 48.1 Å². The molecular weight excluding hydrogens is 478 g/mol. The lowest BCUT2D eigenvalue weighted by atomic mass is 9.80. The Hall–Kier alpha value is -3.26. The number of nitrogens with zero attached hydrogens (tertiary/aromatic N) is 3. The second kappa shape index (κ2) is 9.49. The van der Waals surface area contributed by atoms with Gasteiger partial charge in [0.2, 0.25) is 5.91 Å². The van der Waals surface area contributed by atoms with Crippen LogP contribution in [-0.4, -0.2) is 56.9 Å². The normalized spacial score (nSPS) is 20.2. The Labute approximate surface area is 221 Å². The topological polar surface area (TPSA) is 87.8 Å². The predicted octanol–water partition coefficient (Wildman–Crippen LogP) is 4.84. The van der Waals surface area contributed by atoms with Crippen LogP contribution in [0, 0.1) is 0 Å². The number of carbonyl (C=O) groups excluding carboxylic acids is 1. The second-order valence-electron chi connectivity index (χ2n) is 10.9. The summed E-state index contributed by atoms with van der Waals surface area (Å²) < 4.78 is 7.78. The number of benzene rings is 2. The van der Waals surface area contributed by atoms with Crippen LogP contribution in [0.15, 0.2) is 48.7 Å². The zero-order valence-corrected chi connectivity index (χ0v) is 21.5. The van der Waals surface area contributed by atoms with Gasteiger partial charge in [0.15, 0.2) is 6.29 Å². The Morgan fingerprint density at radius 3 is 2.61 bits per heavy atom. The van der Waals surface area contributed by atoms with Crippen molar-refractivity contribution in [1.29, 1.82) is 0 Å². The van der Waals surface area contributed by atoms with Crippen LogP contribution in [0.4, 0.5) is 0 Å². The Morgan fingerprint density at radius 2 is 1.82 bits per heavy atom. The fraction of sp³-hybridized carbons (Fsp3) is 0.419. The Balaban J connectivity index is 1.54. The summed E-state index contributed by atoms with van der Waals surface area (Å²) in [4.78, 5) is 20.8. The highest BCUT2D eigenvalue weighted by molar-refractivity contribution is 6.00. The summed E-state index contributed by atoms with van der Waals surface area (Å²) in [6.45, 7) is 2.28. The number of morpholine rings is 1. The van der Waals surface area contributed by atoms with Gasteiger partial charge in [-0.2, -0.15) is 0 Å². The molecule has 7 heteroatoms. The van der Waals surface area contributed by atoms with Crippen LogP contribution in [0.1, 0.15) is 67.0 Å². The van der Waals surface area contributed by atoms with Gasteiger partial charge in [-0.3, -0.25) is 9.78 Å². The number of aliphatic hydroxyl groups is 2. The Kier molecular flexibility index (Phi) is 5.95. The Morgan fingerprint density at radius 1 is 1.00 bits per heavy atom. The minimum Gasteiger partial charge on any atom is -0.378 e. The van der Waals surface area contributed by atoms with E-state index in [9.17, 15) is 15.0 Å². The van der Waals surface area contributed by atoms with E-state index in [0.29, 0.717) is 44.2 Å². The molecule has 1 amide bonds. The molecule has 1 saturated heterocycles. The summed E-state index contributed by atoms with van der Waals surface area (Å²) in [6.07, 6.45) is 6.75. The van der Waals surface area contributed by atoms with Gasteiger partial charge in [0.05, 0.1) is 29.9 Å². The minimum absolute atomic E-state index is 0.100. The van der Waals surface area contributed by atoms with E-state index in [2.05, 4.69) is 27.8 Å². The molecule has 7 rings (SSSR count). The zero-order valence-electron chi connectivity index (χ0n) is 21.5. The van der Waals surface area contributed by atoms with Gasteiger partial charge in [-0.15, -0.1) is 0 Å². The van der Waals surface area contributed by atoms with E-state index in [4.69, 9.17) is 4.74 Å². The van der Waals surface area contributed by atoms with Gasteiger partial charge in [0, 0.05) is 47.6 Å². The molecule has 3 aliphatic rings. The van der Waals surface area contributed by atoms with Crippen molar-refractivity contribution in [3.63, 3.8) is 0 Å². The highest BCUT2D eigenvalue weighted by Crippen LogP contribution is 2.50. The first-order valence-electron chi connectivity index (χ1n) is 13.9. The van der Waals surface area contributed by atoms with Crippen LogP contribution < -0.4 is 0 Å². The number of carbonyl (C=O) groups is 1. The highest BCUT2D eigenvalue weighted by atomic mass is 16.5. The van der Waals surface area contributed by atoms with Crippen molar-refractivity contribution >= 4 is 27.7 Å². The maximum absolute atomic E-state index is 14.2. The van der Waals surface area contributed by atoms with Crippen LogP contribution in [0.2, 0.25) is 0 Å². The SMILES string of the molecule is O=C(C1Cc2c(ccc3ncccc23)-c2c(C3CCCCC3)c3ccc(C(O)O)cc3n21)N1CCOCC1. The van der Waals surface area contributed by atoms with Crippen molar-refractivity contribution in [3.8, 4) is 11.3 Å². The molecule has 1 atom stereocenters. The van der Waals surface area contributed by atoms with Gasteiger partial charge in [0.25, 0.3) is 0 Å². The van der Waals surface area contributed by atoms with Crippen LogP contribution in [0.5, 0.6) is 0 Å². The third-order valence-electron chi connectivity index (χ3n) is 8.85. The van der Waals surface area contributed by atoms with E-state index in [0.717, 1.165) is 40.3 Å². The molecule has 1 aliphatic carbocycles. The number of aliphatic hydroxyl groups excluding tert-OH is 1. The molecule has 2 aliphatic heterocycles. The number of fused-ring (bicyclic) bond motifs is 7. The second-order valence-corrected chi connectivity index (χ2v) is 10.9.